The number of methoxy groups -OCH3 is 1. The van der Waals surface area contributed by atoms with Crippen LogP contribution in [0.2, 0.25) is 0 Å². The molecule has 1 aromatic carbocycles. The van der Waals surface area contributed by atoms with Gasteiger partial charge in [0.2, 0.25) is 5.91 Å². The first-order valence-corrected chi connectivity index (χ1v) is 7.42. The molecule has 1 saturated heterocycles. The zero-order valence-corrected chi connectivity index (χ0v) is 13.1. The first-order valence-electron chi connectivity index (χ1n) is 7.42. The summed E-state index contributed by atoms with van der Waals surface area (Å²) in [4.78, 5) is 16.5. The third kappa shape index (κ3) is 4.03. The second-order valence-corrected chi connectivity index (χ2v) is 5.53. The molecule has 1 N–H and O–H groups in total. The average Bonchev–Trinajstić information content (AvgIpc) is 2.79. The zero-order valence-electron chi connectivity index (χ0n) is 13.1. The molecule has 5 heteroatoms. The van der Waals surface area contributed by atoms with E-state index in [1.165, 1.54) is 0 Å². The molecule has 0 bridgehead atoms. The maximum absolute atomic E-state index is 12.3. The molecular formula is C16H25N3O2. The quantitative estimate of drug-likeness (QED) is 0.816. The van der Waals surface area contributed by atoms with Gasteiger partial charge in [0.25, 0.3) is 0 Å². The van der Waals surface area contributed by atoms with Crippen molar-refractivity contribution >= 4 is 5.91 Å². The van der Waals surface area contributed by atoms with Crippen LogP contribution in [-0.2, 0) is 9.53 Å². The Morgan fingerprint density at radius 2 is 2.00 bits per heavy atom. The van der Waals surface area contributed by atoms with Crippen LogP contribution in [0.15, 0.2) is 30.3 Å². The van der Waals surface area contributed by atoms with Crippen LogP contribution in [0.1, 0.15) is 18.7 Å². The minimum atomic E-state index is -0.125. The van der Waals surface area contributed by atoms with Crippen LogP contribution in [0, 0.1) is 0 Å². The van der Waals surface area contributed by atoms with E-state index < -0.39 is 0 Å². The van der Waals surface area contributed by atoms with Crippen molar-refractivity contribution in [1.29, 1.82) is 0 Å². The van der Waals surface area contributed by atoms with Crippen LogP contribution in [0.25, 0.3) is 0 Å². The lowest BCUT2D eigenvalue weighted by molar-refractivity contribution is -0.130. The van der Waals surface area contributed by atoms with E-state index >= 15 is 0 Å². The normalized spacial score (nSPS) is 22.3. The lowest BCUT2D eigenvalue weighted by Crippen LogP contribution is -2.38. The van der Waals surface area contributed by atoms with E-state index in [-0.39, 0.29) is 18.1 Å². The molecular weight excluding hydrogens is 266 g/mol. The highest BCUT2D eigenvalue weighted by Gasteiger charge is 2.36. The Kier molecular flexibility index (Phi) is 5.73. The van der Waals surface area contributed by atoms with Gasteiger partial charge in [-0.25, -0.2) is 0 Å². The van der Waals surface area contributed by atoms with Crippen LogP contribution >= 0.6 is 0 Å². The summed E-state index contributed by atoms with van der Waals surface area (Å²) in [6.45, 7) is 5.06. The molecule has 1 heterocycles. The first-order chi connectivity index (χ1) is 10.1. The Labute approximate surface area is 126 Å². The van der Waals surface area contributed by atoms with E-state index in [0.717, 1.165) is 25.2 Å². The minimum absolute atomic E-state index is 0.0236. The third-order valence-electron chi connectivity index (χ3n) is 3.89. The molecule has 2 rings (SSSR count). The van der Waals surface area contributed by atoms with Gasteiger partial charge in [0.15, 0.2) is 0 Å². The maximum Gasteiger partial charge on any atom is 0.241 e. The molecule has 21 heavy (non-hydrogen) atoms. The number of nitrogens with zero attached hydrogens (tertiary/aromatic N) is 2. The van der Waals surface area contributed by atoms with E-state index in [9.17, 15) is 4.79 Å². The number of nitrogens with one attached hydrogen (secondary N) is 1. The molecule has 1 aliphatic heterocycles. The summed E-state index contributed by atoms with van der Waals surface area (Å²) in [5, 5.41) is 3.37. The van der Waals surface area contributed by atoms with Gasteiger partial charge in [-0.1, -0.05) is 30.3 Å². The van der Waals surface area contributed by atoms with Gasteiger partial charge in [0, 0.05) is 26.7 Å². The number of hydrogen-bond donors (Lipinski definition) is 1. The van der Waals surface area contributed by atoms with Gasteiger partial charge in [-0.2, -0.15) is 0 Å². The lowest BCUT2D eigenvalue weighted by atomic mass is 10.1. The van der Waals surface area contributed by atoms with Gasteiger partial charge >= 0.3 is 0 Å². The summed E-state index contributed by atoms with van der Waals surface area (Å²) in [6.07, 6.45) is -0.0236. The molecule has 0 aliphatic carbocycles. The van der Waals surface area contributed by atoms with Gasteiger partial charge in [0.05, 0.1) is 12.6 Å². The zero-order chi connectivity index (χ0) is 15.2. The molecule has 0 radical (unpaired) electrons. The van der Waals surface area contributed by atoms with Gasteiger partial charge < -0.3 is 14.5 Å². The van der Waals surface area contributed by atoms with E-state index in [4.69, 9.17) is 4.74 Å². The van der Waals surface area contributed by atoms with Crippen LogP contribution in [0.4, 0.5) is 0 Å². The lowest BCUT2D eigenvalue weighted by Gasteiger charge is -2.27. The molecule has 5 nitrogen and oxygen atoms in total. The molecule has 2 unspecified atom stereocenters. The summed E-state index contributed by atoms with van der Waals surface area (Å²) >= 11 is 0. The van der Waals surface area contributed by atoms with Crippen LogP contribution in [0.3, 0.4) is 0 Å². The molecule has 1 aliphatic rings. The molecule has 1 aromatic rings. The monoisotopic (exact) mass is 291 g/mol. The molecule has 1 amide bonds. The van der Waals surface area contributed by atoms with Crippen molar-refractivity contribution in [3.8, 4) is 0 Å². The van der Waals surface area contributed by atoms with E-state index in [0.29, 0.717) is 6.61 Å². The summed E-state index contributed by atoms with van der Waals surface area (Å²) in [5.41, 5.74) is 1.13. The molecule has 0 saturated carbocycles. The third-order valence-corrected chi connectivity index (χ3v) is 3.89. The summed E-state index contributed by atoms with van der Waals surface area (Å²) < 4.78 is 5.08. The fourth-order valence-corrected chi connectivity index (χ4v) is 2.56. The fourth-order valence-electron chi connectivity index (χ4n) is 2.56. The van der Waals surface area contributed by atoms with Crippen molar-refractivity contribution in [2.45, 2.75) is 19.1 Å². The second-order valence-electron chi connectivity index (χ2n) is 5.53. The predicted octanol–water partition coefficient (Wildman–Crippen LogP) is 1.08. The van der Waals surface area contributed by atoms with Crippen molar-refractivity contribution in [1.82, 2.24) is 15.1 Å². The minimum Gasteiger partial charge on any atom is -0.383 e. The number of rotatable bonds is 7. The largest absolute Gasteiger partial charge is 0.383 e. The Balaban J connectivity index is 1.99. The predicted molar refractivity (Wildman–Crippen MR) is 82.9 cm³/mol. The number of carbonyl (C=O) groups is 1. The van der Waals surface area contributed by atoms with Crippen molar-refractivity contribution in [3.63, 3.8) is 0 Å². The standard InChI is InChI=1S/C16H25N3O2/c1-13-16(20)19(10-9-18(2)11-12-21-3)15(17-13)14-7-5-4-6-8-14/h4-8,13,15,17H,9-12H2,1-3H3. The molecule has 2 atom stereocenters. The van der Waals surface area contributed by atoms with E-state index in [2.05, 4.69) is 22.3 Å². The average molecular weight is 291 g/mol. The Bertz CT molecular complexity index is 452. The smallest absolute Gasteiger partial charge is 0.241 e. The van der Waals surface area contributed by atoms with Gasteiger partial charge in [-0.05, 0) is 19.5 Å². The van der Waals surface area contributed by atoms with Crippen molar-refractivity contribution in [2.75, 3.05) is 40.4 Å². The van der Waals surface area contributed by atoms with Crippen LogP contribution in [0.5, 0.6) is 0 Å². The van der Waals surface area contributed by atoms with E-state index in [1.807, 2.05) is 37.1 Å². The Morgan fingerprint density at radius 3 is 2.67 bits per heavy atom. The SMILES string of the molecule is COCCN(C)CCN1C(=O)C(C)NC1c1ccccc1. The number of benzene rings is 1. The summed E-state index contributed by atoms with van der Waals surface area (Å²) in [5.74, 6) is 0.170. The molecule has 116 valence electrons. The number of amides is 1. The van der Waals surface area contributed by atoms with Crippen LogP contribution < -0.4 is 5.32 Å². The maximum atomic E-state index is 12.3. The van der Waals surface area contributed by atoms with Crippen molar-refractivity contribution in [3.05, 3.63) is 35.9 Å². The Hall–Kier alpha value is -1.43. The number of carbonyl (C=O) groups excluding carboxylic acids is 1. The molecule has 0 aromatic heterocycles. The van der Waals surface area contributed by atoms with Gasteiger partial charge in [-0.3, -0.25) is 10.1 Å². The Morgan fingerprint density at radius 1 is 1.29 bits per heavy atom. The molecule has 0 spiro atoms. The molecule has 1 fully saturated rings. The highest BCUT2D eigenvalue weighted by molar-refractivity contribution is 5.84. The van der Waals surface area contributed by atoms with Gasteiger partial charge in [-0.15, -0.1) is 0 Å². The van der Waals surface area contributed by atoms with Gasteiger partial charge in [0.1, 0.15) is 6.17 Å². The van der Waals surface area contributed by atoms with Crippen molar-refractivity contribution < 1.29 is 9.53 Å². The highest BCUT2D eigenvalue weighted by Crippen LogP contribution is 2.24. The topological polar surface area (TPSA) is 44.8 Å². The number of hydrogen-bond acceptors (Lipinski definition) is 4. The second kappa shape index (κ2) is 7.54. The summed E-state index contributed by atoms with van der Waals surface area (Å²) in [7, 11) is 3.75. The number of likely N-dealkylation sites (N-methyl/N-ethyl adjacent to an activating group) is 1. The fraction of sp³-hybridized carbons (Fsp3) is 0.562. The van der Waals surface area contributed by atoms with E-state index in [1.54, 1.807) is 7.11 Å². The van der Waals surface area contributed by atoms with Crippen molar-refractivity contribution in [2.24, 2.45) is 0 Å². The summed E-state index contributed by atoms with van der Waals surface area (Å²) in [6, 6.07) is 10.0. The highest BCUT2D eigenvalue weighted by atomic mass is 16.5. The first kappa shape index (κ1) is 15.9. The van der Waals surface area contributed by atoms with Crippen LogP contribution in [-0.4, -0.2) is 62.1 Å². The number of ether oxygens (including phenoxy) is 1.